The van der Waals surface area contributed by atoms with Crippen LogP contribution >= 0.6 is 0 Å². The van der Waals surface area contributed by atoms with Gasteiger partial charge in [0.05, 0.1) is 6.10 Å². The first-order chi connectivity index (χ1) is 9.47. The number of rotatable bonds is 7. The van der Waals surface area contributed by atoms with Crippen molar-refractivity contribution < 1.29 is 14.6 Å². The number of aliphatic carboxylic acids is 1. The van der Waals surface area contributed by atoms with E-state index in [1.54, 1.807) is 6.92 Å². The summed E-state index contributed by atoms with van der Waals surface area (Å²) in [6, 6.07) is 7.89. The van der Waals surface area contributed by atoms with Crippen molar-refractivity contribution in [1.82, 2.24) is 4.90 Å². The molecule has 1 unspecified atom stereocenters. The van der Waals surface area contributed by atoms with Crippen LogP contribution in [0.1, 0.15) is 39.2 Å². The molecule has 1 aromatic rings. The van der Waals surface area contributed by atoms with Crippen molar-refractivity contribution in [2.24, 2.45) is 0 Å². The first-order valence-corrected chi connectivity index (χ1v) is 7.21. The summed E-state index contributed by atoms with van der Waals surface area (Å²) in [5, 5.41) is 9.21. The van der Waals surface area contributed by atoms with E-state index in [2.05, 4.69) is 4.90 Å². The van der Waals surface area contributed by atoms with Crippen molar-refractivity contribution in [3.05, 3.63) is 29.8 Å². The molecule has 0 bridgehead atoms. The molecule has 2 rings (SSSR count). The zero-order valence-electron chi connectivity index (χ0n) is 12.4. The molecule has 1 atom stereocenters. The molecule has 1 fully saturated rings. The Morgan fingerprint density at radius 1 is 1.40 bits per heavy atom. The van der Waals surface area contributed by atoms with Crippen LogP contribution in [0.5, 0.6) is 5.75 Å². The molecule has 110 valence electrons. The zero-order valence-corrected chi connectivity index (χ0v) is 12.4. The molecule has 20 heavy (non-hydrogen) atoms. The van der Waals surface area contributed by atoms with E-state index >= 15 is 0 Å². The normalized spacial score (nSPS) is 16.4. The molecule has 0 aromatic heterocycles. The molecule has 1 aromatic carbocycles. The summed E-state index contributed by atoms with van der Waals surface area (Å²) in [4.78, 5) is 13.3. The topological polar surface area (TPSA) is 49.8 Å². The minimum Gasteiger partial charge on any atom is -0.491 e. The summed E-state index contributed by atoms with van der Waals surface area (Å²) < 4.78 is 5.69. The highest BCUT2D eigenvalue weighted by molar-refractivity contribution is 5.73. The fraction of sp³-hybridized carbons (Fsp3) is 0.562. The van der Waals surface area contributed by atoms with Crippen molar-refractivity contribution >= 4 is 5.97 Å². The number of ether oxygens (including phenoxy) is 1. The lowest BCUT2D eigenvalue weighted by atomic mass is 10.1. The fourth-order valence-corrected chi connectivity index (χ4v) is 2.33. The monoisotopic (exact) mass is 277 g/mol. The second-order valence-electron chi connectivity index (χ2n) is 5.73. The van der Waals surface area contributed by atoms with Crippen molar-refractivity contribution in [2.75, 3.05) is 0 Å². The molecular weight excluding hydrogens is 254 g/mol. The van der Waals surface area contributed by atoms with Gasteiger partial charge in [-0.15, -0.1) is 0 Å². The summed E-state index contributed by atoms with van der Waals surface area (Å²) in [7, 11) is 0. The molecule has 1 N–H and O–H groups in total. The molecular formula is C16H23NO3. The Balaban J connectivity index is 2.08. The molecule has 0 saturated heterocycles. The van der Waals surface area contributed by atoms with Gasteiger partial charge in [-0.1, -0.05) is 12.1 Å². The van der Waals surface area contributed by atoms with Gasteiger partial charge >= 0.3 is 5.97 Å². The molecule has 1 aliphatic carbocycles. The number of hydrogen-bond donors (Lipinski definition) is 1. The van der Waals surface area contributed by atoms with Crippen molar-refractivity contribution in [2.45, 2.75) is 58.3 Å². The highest BCUT2D eigenvalue weighted by Crippen LogP contribution is 2.30. The third-order valence-corrected chi connectivity index (χ3v) is 3.51. The van der Waals surface area contributed by atoms with Crippen molar-refractivity contribution in [3.63, 3.8) is 0 Å². The third kappa shape index (κ3) is 3.97. The van der Waals surface area contributed by atoms with Gasteiger partial charge in [-0.25, -0.2) is 0 Å². The third-order valence-electron chi connectivity index (χ3n) is 3.51. The van der Waals surface area contributed by atoms with Gasteiger partial charge in [-0.05, 0) is 51.3 Å². The number of carboxylic acid groups (broad SMARTS) is 1. The highest BCUT2D eigenvalue weighted by atomic mass is 16.5. The Hall–Kier alpha value is -1.55. The van der Waals surface area contributed by atoms with Crippen LogP contribution in [-0.2, 0) is 11.3 Å². The Morgan fingerprint density at radius 3 is 2.65 bits per heavy atom. The van der Waals surface area contributed by atoms with Crippen LogP contribution in [0.25, 0.3) is 0 Å². The Bertz CT molecular complexity index is 469. The zero-order chi connectivity index (χ0) is 14.7. The number of nitrogens with zero attached hydrogens (tertiary/aromatic N) is 1. The fourth-order valence-electron chi connectivity index (χ4n) is 2.33. The molecule has 4 heteroatoms. The van der Waals surface area contributed by atoms with E-state index in [0.717, 1.165) is 24.2 Å². The van der Waals surface area contributed by atoms with Gasteiger partial charge in [0, 0.05) is 12.6 Å². The van der Waals surface area contributed by atoms with Crippen LogP contribution in [0, 0.1) is 0 Å². The summed E-state index contributed by atoms with van der Waals surface area (Å²) >= 11 is 0. The Labute approximate surface area is 120 Å². The van der Waals surface area contributed by atoms with E-state index in [4.69, 9.17) is 4.74 Å². The van der Waals surface area contributed by atoms with Crippen LogP contribution in [0.4, 0.5) is 0 Å². The predicted molar refractivity (Wildman–Crippen MR) is 77.9 cm³/mol. The van der Waals surface area contributed by atoms with Crippen molar-refractivity contribution in [3.8, 4) is 5.75 Å². The average molecular weight is 277 g/mol. The van der Waals surface area contributed by atoms with Crippen LogP contribution in [0.2, 0.25) is 0 Å². The minimum absolute atomic E-state index is 0.141. The lowest BCUT2D eigenvalue weighted by molar-refractivity contribution is -0.143. The molecule has 0 spiro atoms. The summed E-state index contributed by atoms with van der Waals surface area (Å²) in [5.41, 5.74) is 1.10. The molecule has 4 nitrogen and oxygen atoms in total. The van der Waals surface area contributed by atoms with Crippen LogP contribution < -0.4 is 4.74 Å². The van der Waals surface area contributed by atoms with E-state index in [9.17, 15) is 9.90 Å². The van der Waals surface area contributed by atoms with Gasteiger partial charge in [0.25, 0.3) is 0 Å². The lowest BCUT2D eigenvalue weighted by Gasteiger charge is -2.26. The van der Waals surface area contributed by atoms with Crippen LogP contribution in [-0.4, -0.2) is 34.2 Å². The van der Waals surface area contributed by atoms with Gasteiger partial charge in [0.15, 0.2) is 0 Å². The molecule has 0 heterocycles. The van der Waals surface area contributed by atoms with Crippen LogP contribution in [0.15, 0.2) is 24.3 Å². The lowest BCUT2D eigenvalue weighted by Crippen LogP contribution is -2.40. The predicted octanol–water partition coefficient (Wildman–Crippen LogP) is 2.91. The van der Waals surface area contributed by atoms with Gasteiger partial charge < -0.3 is 9.84 Å². The Morgan fingerprint density at radius 2 is 2.10 bits per heavy atom. The van der Waals surface area contributed by atoms with Crippen LogP contribution in [0.3, 0.4) is 0 Å². The highest BCUT2D eigenvalue weighted by Gasteiger charge is 2.34. The van der Waals surface area contributed by atoms with E-state index < -0.39 is 12.0 Å². The second kappa shape index (κ2) is 6.27. The Kier molecular flexibility index (Phi) is 4.65. The first kappa shape index (κ1) is 14.9. The molecule has 0 radical (unpaired) electrons. The van der Waals surface area contributed by atoms with Crippen molar-refractivity contribution in [1.29, 1.82) is 0 Å². The van der Waals surface area contributed by atoms with E-state index in [0.29, 0.717) is 12.6 Å². The maximum atomic E-state index is 11.2. The maximum absolute atomic E-state index is 11.2. The first-order valence-electron chi connectivity index (χ1n) is 7.21. The number of carbonyl (C=O) groups is 1. The second-order valence-corrected chi connectivity index (χ2v) is 5.73. The van der Waals surface area contributed by atoms with E-state index in [-0.39, 0.29) is 6.10 Å². The quantitative estimate of drug-likeness (QED) is 0.832. The smallest absolute Gasteiger partial charge is 0.320 e. The summed E-state index contributed by atoms with van der Waals surface area (Å²) in [6.45, 7) is 6.41. The van der Waals surface area contributed by atoms with E-state index in [1.807, 2.05) is 38.1 Å². The summed E-state index contributed by atoms with van der Waals surface area (Å²) in [6.07, 6.45) is 2.34. The number of benzene rings is 1. The van der Waals surface area contributed by atoms with Gasteiger partial charge in [-0.2, -0.15) is 0 Å². The largest absolute Gasteiger partial charge is 0.491 e. The average Bonchev–Trinajstić information content (AvgIpc) is 3.19. The SMILES string of the molecule is CC(C)Oc1cccc(CN(C2CC2)C(C)C(=O)O)c1. The van der Waals surface area contributed by atoms with E-state index in [1.165, 1.54) is 0 Å². The van der Waals surface area contributed by atoms with Gasteiger partial charge in [-0.3, -0.25) is 9.69 Å². The minimum atomic E-state index is -0.758. The maximum Gasteiger partial charge on any atom is 0.320 e. The molecule has 0 amide bonds. The molecule has 1 aliphatic rings. The number of hydrogen-bond acceptors (Lipinski definition) is 3. The number of carboxylic acids is 1. The van der Waals surface area contributed by atoms with Gasteiger partial charge in [0.1, 0.15) is 11.8 Å². The molecule has 0 aliphatic heterocycles. The summed E-state index contributed by atoms with van der Waals surface area (Å²) in [5.74, 6) is 0.0858. The molecule has 1 saturated carbocycles. The van der Waals surface area contributed by atoms with Gasteiger partial charge in [0.2, 0.25) is 0 Å². The standard InChI is InChI=1S/C16H23NO3/c1-11(2)20-15-6-4-5-13(9-15)10-17(14-7-8-14)12(3)16(18)19/h4-6,9,11-12,14H,7-8,10H2,1-3H3,(H,18,19).